The van der Waals surface area contributed by atoms with Crippen LogP contribution in [0.1, 0.15) is 28.8 Å². The number of H-pyrrole nitrogens is 1. The summed E-state index contributed by atoms with van der Waals surface area (Å²) >= 11 is 6.53. The van der Waals surface area contributed by atoms with E-state index in [2.05, 4.69) is 20.6 Å². The van der Waals surface area contributed by atoms with Gasteiger partial charge in [-0.3, -0.25) is 9.59 Å². The number of rotatable bonds is 5. The van der Waals surface area contributed by atoms with Gasteiger partial charge in [0.2, 0.25) is 0 Å². The molecule has 0 saturated carbocycles. The number of aliphatic hydroxyl groups excluding tert-OH is 1. The third-order valence-electron chi connectivity index (χ3n) is 6.82. The highest BCUT2D eigenvalue weighted by Crippen LogP contribution is 2.41. The summed E-state index contributed by atoms with van der Waals surface area (Å²) < 4.78 is 11.6. The molecule has 0 aliphatic carbocycles. The van der Waals surface area contributed by atoms with Crippen molar-refractivity contribution in [2.75, 3.05) is 23.8 Å². The number of hydrogen-bond acceptors (Lipinski definition) is 7. The van der Waals surface area contributed by atoms with Gasteiger partial charge in [-0.15, -0.1) is 0 Å². The smallest absolute Gasteiger partial charge is 0.252 e. The number of nitrogens with zero attached hydrogens (tertiary/aromatic N) is 1. The van der Waals surface area contributed by atoms with Gasteiger partial charge in [-0.25, -0.2) is 4.98 Å². The van der Waals surface area contributed by atoms with E-state index in [0.29, 0.717) is 57.9 Å². The van der Waals surface area contributed by atoms with Crippen LogP contribution < -0.4 is 15.4 Å². The number of ether oxygens (including phenoxy) is 2. The van der Waals surface area contributed by atoms with E-state index in [4.69, 9.17) is 21.1 Å². The zero-order valence-electron chi connectivity index (χ0n) is 19.6. The standard InChI is InChI=1S/C27H23ClN4O5/c28-20-10-16(37-15-4-2-1-3-5-15)6-7-18(20)24(34)19-11-29-25-22(19)23-21(12-30-25)31-26(35)27(32-23)9-8-17(13-33)36-14-27/h1-7,10-12,17,32-33H,8-9,13-14H2,(H,29,30)(H,31,35)/t17-,27+/m0/s1. The van der Waals surface area contributed by atoms with E-state index in [1.807, 2.05) is 30.3 Å². The van der Waals surface area contributed by atoms with Crippen LogP contribution in [0.3, 0.4) is 0 Å². The normalized spacial score (nSPS) is 20.8. The van der Waals surface area contributed by atoms with Gasteiger partial charge in [0.25, 0.3) is 5.91 Å². The first kappa shape index (κ1) is 23.5. The molecule has 2 aliphatic rings. The highest BCUT2D eigenvalue weighted by Gasteiger charge is 2.46. The molecule has 0 bridgehead atoms. The lowest BCUT2D eigenvalue weighted by atomic mass is 9.86. The summed E-state index contributed by atoms with van der Waals surface area (Å²) in [5.74, 6) is 0.630. The second-order valence-electron chi connectivity index (χ2n) is 9.17. The number of pyridine rings is 1. The van der Waals surface area contributed by atoms with E-state index in [9.17, 15) is 14.7 Å². The third-order valence-corrected chi connectivity index (χ3v) is 7.13. The Kier molecular flexibility index (Phi) is 5.83. The average molecular weight is 519 g/mol. The number of para-hydroxylation sites is 1. The fourth-order valence-corrected chi connectivity index (χ4v) is 5.05. The molecule has 2 atom stereocenters. The lowest BCUT2D eigenvalue weighted by Gasteiger charge is -2.42. The van der Waals surface area contributed by atoms with Crippen molar-refractivity contribution < 1.29 is 24.2 Å². The minimum atomic E-state index is -1.02. The van der Waals surface area contributed by atoms with E-state index in [0.717, 1.165) is 0 Å². The number of halogens is 1. The summed E-state index contributed by atoms with van der Waals surface area (Å²) in [4.78, 5) is 34.1. The Balaban J connectivity index is 1.35. The molecule has 2 aromatic heterocycles. The number of nitrogens with one attached hydrogen (secondary N) is 3. The molecule has 0 unspecified atom stereocenters. The minimum absolute atomic E-state index is 0.0930. The first-order valence-electron chi connectivity index (χ1n) is 11.9. The number of hydrogen-bond donors (Lipinski definition) is 4. The molecule has 1 fully saturated rings. The van der Waals surface area contributed by atoms with E-state index < -0.39 is 5.54 Å². The number of amides is 1. The molecule has 188 valence electrons. The van der Waals surface area contributed by atoms with Crippen molar-refractivity contribution in [1.29, 1.82) is 0 Å². The average Bonchev–Trinajstić information content (AvgIpc) is 3.35. The minimum Gasteiger partial charge on any atom is -0.457 e. The Morgan fingerprint density at radius 3 is 2.76 bits per heavy atom. The number of carbonyl (C=O) groups excluding carboxylic acids is 2. The van der Waals surface area contributed by atoms with Gasteiger partial charge in [0.05, 0.1) is 52.9 Å². The Bertz CT molecular complexity index is 1510. The van der Waals surface area contributed by atoms with Crippen molar-refractivity contribution in [2.24, 2.45) is 0 Å². The largest absolute Gasteiger partial charge is 0.457 e. The second-order valence-corrected chi connectivity index (χ2v) is 9.58. The predicted molar refractivity (Wildman–Crippen MR) is 139 cm³/mol. The van der Waals surface area contributed by atoms with Crippen molar-refractivity contribution >= 4 is 45.7 Å². The number of aromatic amines is 1. The molecule has 6 rings (SSSR count). The summed E-state index contributed by atoms with van der Waals surface area (Å²) in [5.41, 5.74) is 1.20. The maximum absolute atomic E-state index is 13.7. The SMILES string of the molecule is O=C(c1ccc(Oc2ccccc2)cc1Cl)c1c[nH]c2ncc3c(c12)N[C@@]1(CC[C@@H](CO)OC1)C(=O)N3. The van der Waals surface area contributed by atoms with Crippen LogP contribution in [0.25, 0.3) is 11.0 Å². The highest BCUT2D eigenvalue weighted by molar-refractivity contribution is 6.36. The topological polar surface area (TPSA) is 126 Å². The molecule has 1 spiro atoms. The van der Waals surface area contributed by atoms with Gasteiger partial charge in [-0.1, -0.05) is 29.8 Å². The van der Waals surface area contributed by atoms with Crippen LogP contribution in [0.5, 0.6) is 11.5 Å². The van der Waals surface area contributed by atoms with E-state index in [1.165, 1.54) is 0 Å². The molecule has 10 heteroatoms. The van der Waals surface area contributed by atoms with Gasteiger partial charge in [0, 0.05) is 17.8 Å². The zero-order valence-corrected chi connectivity index (χ0v) is 20.3. The summed E-state index contributed by atoms with van der Waals surface area (Å²) in [5, 5.41) is 16.5. The van der Waals surface area contributed by atoms with Crippen LogP contribution in [-0.2, 0) is 9.53 Å². The number of anilines is 2. The molecule has 4 N–H and O–H groups in total. The number of ketones is 1. The van der Waals surface area contributed by atoms with Crippen LogP contribution in [0.15, 0.2) is 60.9 Å². The molecule has 2 aromatic carbocycles. The number of aliphatic hydroxyl groups is 1. The van der Waals surface area contributed by atoms with E-state index in [-0.39, 0.29) is 36.0 Å². The molecule has 4 heterocycles. The summed E-state index contributed by atoms with van der Waals surface area (Å²) in [6.45, 7) is -0.00935. The summed E-state index contributed by atoms with van der Waals surface area (Å²) in [6.07, 6.45) is 3.82. The van der Waals surface area contributed by atoms with Crippen LogP contribution in [0, 0.1) is 0 Å². The maximum Gasteiger partial charge on any atom is 0.252 e. The maximum atomic E-state index is 13.7. The lowest BCUT2D eigenvalue weighted by molar-refractivity contribution is -0.128. The third kappa shape index (κ3) is 4.11. The first-order valence-corrected chi connectivity index (χ1v) is 12.2. The zero-order chi connectivity index (χ0) is 25.6. The highest BCUT2D eigenvalue weighted by atomic mass is 35.5. The van der Waals surface area contributed by atoms with Crippen molar-refractivity contribution in [3.63, 3.8) is 0 Å². The van der Waals surface area contributed by atoms with Gasteiger partial charge >= 0.3 is 0 Å². The number of aromatic nitrogens is 2. The first-order chi connectivity index (χ1) is 18.0. The van der Waals surface area contributed by atoms with Crippen LogP contribution in [0.2, 0.25) is 5.02 Å². The Hall–Kier alpha value is -3.92. The van der Waals surface area contributed by atoms with Crippen LogP contribution >= 0.6 is 11.6 Å². The molecule has 1 amide bonds. The molecule has 4 aromatic rings. The Labute approximate surface area is 216 Å². The second kappa shape index (κ2) is 9.19. The summed E-state index contributed by atoms with van der Waals surface area (Å²) in [7, 11) is 0. The summed E-state index contributed by atoms with van der Waals surface area (Å²) in [6, 6.07) is 14.2. The van der Waals surface area contributed by atoms with Gasteiger partial charge in [0.1, 0.15) is 22.7 Å². The van der Waals surface area contributed by atoms with Gasteiger partial charge in [-0.05, 0) is 37.1 Å². The van der Waals surface area contributed by atoms with Crippen molar-refractivity contribution in [1.82, 2.24) is 9.97 Å². The number of carbonyl (C=O) groups is 2. The molecular formula is C27H23ClN4O5. The van der Waals surface area contributed by atoms with Crippen LogP contribution in [0.4, 0.5) is 11.4 Å². The fourth-order valence-electron chi connectivity index (χ4n) is 4.80. The molecule has 37 heavy (non-hydrogen) atoms. The number of benzene rings is 2. The van der Waals surface area contributed by atoms with Crippen molar-refractivity contribution in [3.8, 4) is 11.5 Å². The Morgan fingerprint density at radius 2 is 2.03 bits per heavy atom. The number of fused-ring (bicyclic) bond motifs is 3. The molecule has 1 saturated heterocycles. The predicted octanol–water partition coefficient (Wildman–Crippen LogP) is 4.51. The van der Waals surface area contributed by atoms with Gasteiger partial charge in [0.15, 0.2) is 5.78 Å². The molecular weight excluding hydrogens is 496 g/mol. The van der Waals surface area contributed by atoms with E-state index >= 15 is 0 Å². The quantitative estimate of drug-likeness (QED) is 0.286. The van der Waals surface area contributed by atoms with E-state index in [1.54, 1.807) is 30.6 Å². The van der Waals surface area contributed by atoms with Gasteiger partial charge < -0.3 is 30.2 Å². The van der Waals surface area contributed by atoms with Crippen LogP contribution in [-0.4, -0.2) is 51.6 Å². The fraction of sp³-hybridized carbons (Fsp3) is 0.222. The van der Waals surface area contributed by atoms with Crippen molar-refractivity contribution in [3.05, 3.63) is 77.1 Å². The molecule has 0 radical (unpaired) electrons. The van der Waals surface area contributed by atoms with Crippen molar-refractivity contribution in [2.45, 2.75) is 24.5 Å². The molecule has 2 aliphatic heterocycles. The Morgan fingerprint density at radius 1 is 1.19 bits per heavy atom. The lowest BCUT2D eigenvalue weighted by Crippen LogP contribution is -2.59. The monoisotopic (exact) mass is 518 g/mol. The van der Waals surface area contributed by atoms with Gasteiger partial charge in [-0.2, -0.15) is 0 Å². The molecule has 9 nitrogen and oxygen atoms in total.